The Bertz CT molecular complexity index is 456. The van der Waals surface area contributed by atoms with Gasteiger partial charge >= 0.3 is 5.97 Å². The molecule has 0 heterocycles. The average molecular weight is 277 g/mol. The lowest BCUT2D eigenvalue weighted by Crippen LogP contribution is -2.30. The minimum Gasteiger partial charge on any atom is -0.465 e. The van der Waals surface area contributed by atoms with Crippen LogP contribution in [0.4, 0.5) is 0 Å². The second kappa shape index (κ2) is 8.85. The summed E-state index contributed by atoms with van der Waals surface area (Å²) in [4.78, 5) is 34.2. The van der Waals surface area contributed by atoms with Gasteiger partial charge in [-0.1, -0.05) is 30.3 Å². The Labute approximate surface area is 118 Å². The number of Topliss-reactive ketones (excluding diaryl/α,β-unsaturated/α-hetero) is 1. The molecule has 108 valence electrons. The van der Waals surface area contributed by atoms with Gasteiger partial charge in [-0.15, -0.1) is 0 Å². The molecule has 0 aliphatic rings. The number of carbonyl (C=O) groups excluding carboxylic acids is 3. The number of hydrogen-bond donors (Lipinski definition) is 1. The van der Waals surface area contributed by atoms with Crippen LogP contribution in [-0.4, -0.2) is 30.8 Å². The normalized spacial score (nSPS) is 9.85. The molecule has 0 saturated heterocycles. The van der Waals surface area contributed by atoms with Crippen LogP contribution in [0.25, 0.3) is 0 Å². The zero-order valence-corrected chi connectivity index (χ0v) is 11.6. The van der Waals surface area contributed by atoms with Gasteiger partial charge in [-0.25, -0.2) is 0 Å². The molecule has 0 fully saturated rings. The van der Waals surface area contributed by atoms with Gasteiger partial charge in [0.2, 0.25) is 5.91 Å². The van der Waals surface area contributed by atoms with Gasteiger partial charge in [0.15, 0.2) is 5.78 Å². The summed E-state index contributed by atoms with van der Waals surface area (Å²) in [6.45, 7) is 1.87. The summed E-state index contributed by atoms with van der Waals surface area (Å²) < 4.78 is 4.69. The molecule has 0 aromatic heterocycles. The third-order valence-corrected chi connectivity index (χ3v) is 2.64. The third-order valence-electron chi connectivity index (χ3n) is 2.64. The molecule has 0 radical (unpaired) electrons. The summed E-state index contributed by atoms with van der Waals surface area (Å²) >= 11 is 0. The summed E-state index contributed by atoms with van der Waals surface area (Å²) in [7, 11) is 0. The van der Waals surface area contributed by atoms with E-state index < -0.39 is 5.97 Å². The van der Waals surface area contributed by atoms with Crippen LogP contribution >= 0.6 is 0 Å². The van der Waals surface area contributed by atoms with Crippen molar-refractivity contribution in [2.24, 2.45) is 0 Å². The van der Waals surface area contributed by atoms with Gasteiger partial charge in [0.25, 0.3) is 0 Å². The van der Waals surface area contributed by atoms with Crippen LogP contribution in [0.15, 0.2) is 30.3 Å². The highest BCUT2D eigenvalue weighted by atomic mass is 16.5. The number of ether oxygens (including phenoxy) is 1. The van der Waals surface area contributed by atoms with Gasteiger partial charge in [0, 0.05) is 18.4 Å². The fraction of sp³-hybridized carbons (Fsp3) is 0.400. The SMILES string of the molecule is CCOC(=O)CNC(=O)CCCC(=O)c1ccccc1. The van der Waals surface area contributed by atoms with Crippen molar-refractivity contribution in [1.82, 2.24) is 5.32 Å². The Morgan fingerprint density at radius 1 is 1.10 bits per heavy atom. The summed E-state index contributed by atoms with van der Waals surface area (Å²) in [6.07, 6.45) is 0.997. The monoisotopic (exact) mass is 277 g/mol. The molecular formula is C15H19NO4. The van der Waals surface area contributed by atoms with Crippen LogP contribution in [0.5, 0.6) is 0 Å². The van der Waals surface area contributed by atoms with E-state index in [0.29, 0.717) is 25.0 Å². The molecule has 1 N–H and O–H groups in total. The molecular weight excluding hydrogens is 258 g/mol. The molecule has 0 spiro atoms. The number of esters is 1. The molecule has 0 saturated carbocycles. The second-order valence-electron chi connectivity index (χ2n) is 4.22. The lowest BCUT2D eigenvalue weighted by molar-refractivity contribution is -0.143. The average Bonchev–Trinajstić information content (AvgIpc) is 2.46. The molecule has 5 heteroatoms. The van der Waals surface area contributed by atoms with Crippen molar-refractivity contribution in [3.8, 4) is 0 Å². The molecule has 1 aromatic carbocycles. The zero-order valence-electron chi connectivity index (χ0n) is 11.6. The first kappa shape index (κ1) is 15.9. The second-order valence-corrected chi connectivity index (χ2v) is 4.22. The number of nitrogens with one attached hydrogen (secondary N) is 1. The van der Waals surface area contributed by atoms with E-state index in [1.807, 2.05) is 6.07 Å². The Kier molecular flexibility index (Phi) is 7.03. The quantitative estimate of drug-likeness (QED) is 0.580. The molecule has 0 bridgehead atoms. The first-order valence-electron chi connectivity index (χ1n) is 6.64. The number of rotatable bonds is 8. The maximum absolute atomic E-state index is 11.8. The fourth-order valence-corrected chi connectivity index (χ4v) is 1.65. The molecule has 1 amide bonds. The summed E-state index contributed by atoms with van der Waals surface area (Å²) in [6, 6.07) is 8.96. The van der Waals surface area contributed by atoms with Crippen molar-refractivity contribution >= 4 is 17.7 Å². The van der Waals surface area contributed by atoms with Crippen LogP contribution in [0.2, 0.25) is 0 Å². The molecule has 0 aliphatic heterocycles. The van der Waals surface area contributed by atoms with Gasteiger partial charge in [0.05, 0.1) is 6.61 Å². The van der Waals surface area contributed by atoms with Crippen molar-refractivity contribution in [2.45, 2.75) is 26.2 Å². The predicted octanol–water partition coefficient (Wildman–Crippen LogP) is 1.72. The highest BCUT2D eigenvalue weighted by molar-refractivity contribution is 5.96. The highest BCUT2D eigenvalue weighted by Crippen LogP contribution is 2.06. The summed E-state index contributed by atoms with van der Waals surface area (Å²) in [5.41, 5.74) is 0.652. The smallest absolute Gasteiger partial charge is 0.325 e. The van der Waals surface area contributed by atoms with E-state index in [9.17, 15) is 14.4 Å². The maximum Gasteiger partial charge on any atom is 0.325 e. The molecule has 0 aliphatic carbocycles. The number of amides is 1. The van der Waals surface area contributed by atoms with Crippen LogP contribution in [0, 0.1) is 0 Å². The third kappa shape index (κ3) is 6.13. The minimum atomic E-state index is -0.457. The molecule has 20 heavy (non-hydrogen) atoms. The van der Waals surface area contributed by atoms with Crippen molar-refractivity contribution in [3.63, 3.8) is 0 Å². The first-order chi connectivity index (χ1) is 9.63. The summed E-state index contributed by atoms with van der Waals surface area (Å²) in [5, 5.41) is 2.46. The van der Waals surface area contributed by atoms with Crippen LogP contribution < -0.4 is 5.32 Å². The molecule has 0 unspecified atom stereocenters. The predicted molar refractivity (Wildman–Crippen MR) is 74.3 cm³/mol. The van der Waals surface area contributed by atoms with Gasteiger partial charge in [-0.3, -0.25) is 14.4 Å². The summed E-state index contributed by atoms with van der Waals surface area (Å²) in [5.74, 6) is -0.691. The van der Waals surface area contributed by atoms with E-state index >= 15 is 0 Å². The molecule has 5 nitrogen and oxygen atoms in total. The lowest BCUT2D eigenvalue weighted by Gasteiger charge is -2.05. The van der Waals surface area contributed by atoms with E-state index in [4.69, 9.17) is 0 Å². The first-order valence-corrected chi connectivity index (χ1v) is 6.64. The van der Waals surface area contributed by atoms with E-state index in [0.717, 1.165) is 0 Å². The largest absolute Gasteiger partial charge is 0.465 e. The van der Waals surface area contributed by atoms with E-state index in [2.05, 4.69) is 10.1 Å². The number of ketones is 1. The lowest BCUT2D eigenvalue weighted by atomic mass is 10.1. The Balaban J connectivity index is 2.19. The Morgan fingerprint density at radius 2 is 1.80 bits per heavy atom. The Morgan fingerprint density at radius 3 is 2.45 bits per heavy atom. The van der Waals surface area contributed by atoms with Crippen molar-refractivity contribution in [3.05, 3.63) is 35.9 Å². The zero-order chi connectivity index (χ0) is 14.8. The van der Waals surface area contributed by atoms with E-state index in [-0.39, 0.29) is 24.7 Å². The minimum absolute atomic E-state index is 0.0174. The van der Waals surface area contributed by atoms with E-state index in [1.165, 1.54) is 0 Å². The standard InChI is InChI=1S/C15H19NO4/c1-2-20-15(19)11-16-14(18)10-6-9-13(17)12-7-4-3-5-8-12/h3-5,7-8H,2,6,9-11H2,1H3,(H,16,18). The fourth-order valence-electron chi connectivity index (χ4n) is 1.65. The van der Waals surface area contributed by atoms with Crippen molar-refractivity contribution in [1.29, 1.82) is 0 Å². The number of benzene rings is 1. The van der Waals surface area contributed by atoms with Crippen molar-refractivity contribution < 1.29 is 19.1 Å². The topological polar surface area (TPSA) is 72.5 Å². The highest BCUT2D eigenvalue weighted by Gasteiger charge is 2.08. The van der Waals surface area contributed by atoms with Crippen LogP contribution in [0.3, 0.4) is 0 Å². The van der Waals surface area contributed by atoms with Crippen LogP contribution in [-0.2, 0) is 14.3 Å². The maximum atomic E-state index is 11.8. The van der Waals surface area contributed by atoms with Gasteiger partial charge < -0.3 is 10.1 Å². The van der Waals surface area contributed by atoms with Crippen molar-refractivity contribution in [2.75, 3.05) is 13.2 Å². The molecule has 1 rings (SSSR count). The number of carbonyl (C=O) groups is 3. The van der Waals surface area contributed by atoms with Gasteiger partial charge in [-0.2, -0.15) is 0 Å². The molecule has 1 aromatic rings. The van der Waals surface area contributed by atoms with Gasteiger partial charge in [-0.05, 0) is 13.3 Å². The number of hydrogen-bond acceptors (Lipinski definition) is 4. The van der Waals surface area contributed by atoms with Gasteiger partial charge in [0.1, 0.15) is 6.54 Å². The van der Waals surface area contributed by atoms with E-state index in [1.54, 1.807) is 31.2 Å². The Hall–Kier alpha value is -2.17. The van der Waals surface area contributed by atoms with Crippen LogP contribution in [0.1, 0.15) is 36.5 Å². The molecule has 0 atom stereocenters.